The molecule has 1 saturated heterocycles. The van der Waals surface area contributed by atoms with Crippen molar-refractivity contribution in [2.45, 2.75) is 43.7 Å². The van der Waals surface area contributed by atoms with Gasteiger partial charge >= 0.3 is 0 Å². The Morgan fingerprint density at radius 2 is 2.29 bits per heavy atom. The van der Waals surface area contributed by atoms with Gasteiger partial charge in [-0.2, -0.15) is 0 Å². The number of hydrogen-bond acceptors (Lipinski definition) is 4. The van der Waals surface area contributed by atoms with Gasteiger partial charge in [0.05, 0.1) is 12.5 Å². The Bertz CT molecular complexity index is 784. The largest absolute Gasteiger partial charge is 0.493 e. The van der Waals surface area contributed by atoms with E-state index in [0.717, 1.165) is 37.3 Å². The van der Waals surface area contributed by atoms with Gasteiger partial charge in [-0.15, -0.1) is 0 Å². The normalized spacial score (nSPS) is 35.6. The van der Waals surface area contributed by atoms with Gasteiger partial charge in [-0.25, -0.2) is 0 Å². The first-order valence-electron chi connectivity index (χ1n) is 8.94. The van der Waals surface area contributed by atoms with Gasteiger partial charge in [0.15, 0.2) is 23.4 Å². The molecule has 4 aliphatic rings. The summed E-state index contributed by atoms with van der Waals surface area (Å²) in [6.45, 7) is 3.21. The number of carbonyl (C=O) groups is 1. The number of rotatable bonds is 2. The average molecular weight is 325 g/mol. The maximum Gasteiger partial charge on any atom is 0.196 e. The van der Waals surface area contributed by atoms with Crippen LogP contribution in [0.3, 0.4) is 0 Å². The zero-order valence-corrected chi connectivity index (χ0v) is 14.5. The summed E-state index contributed by atoms with van der Waals surface area (Å²) in [5.41, 5.74) is 3.85. The van der Waals surface area contributed by atoms with Crippen LogP contribution < -0.4 is 9.47 Å². The van der Waals surface area contributed by atoms with E-state index >= 15 is 0 Å². The van der Waals surface area contributed by atoms with Crippen LogP contribution in [0.15, 0.2) is 18.2 Å². The van der Waals surface area contributed by atoms with E-state index in [1.807, 2.05) is 0 Å². The van der Waals surface area contributed by atoms with Gasteiger partial charge in [0, 0.05) is 17.5 Å². The summed E-state index contributed by atoms with van der Waals surface area (Å²) < 4.78 is 11.9. The van der Waals surface area contributed by atoms with Crippen LogP contribution in [0.2, 0.25) is 0 Å². The molecule has 24 heavy (non-hydrogen) atoms. The SMILES string of the molecule is CCc1cc(OC)c2c3c1C[C@@H]1[C@@H]4C=CC(=O)[C@H](O2)[C@]34CCN1C. The van der Waals surface area contributed by atoms with Crippen molar-refractivity contribution in [1.82, 2.24) is 4.90 Å². The molecule has 126 valence electrons. The lowest BCUT2D eigenvalue weighted by molar-refractivity contribution is -0.127. The molecule has 4 atom stereocenters. The zero-order valence-electron chi connectivity index (χ0n) is 14.5. The fourth-order valence-corrected chi connectivity index (χ4v) is 5.69. The summed E-state index contributed by atoms with van der Waals surface area (Å²) in [7, 11) is 3.91. The second-order valence-corrected chi connectivity index (χ2v) is 7.60. The molecular formula is C20H23NO3. The van der Waals surface area contributed by atoms with Crippen LogP contribution in [0.25, 0.3) is 0 Å². The van der Waals surface area contributed by atoms with Crippen LogP contribution >= 0.6 is 0 Å². The van der Waals surface area contributed by atoms with Gasteiger partial charge in [0.25, 0.3) is 0 Å². The van der Waals surface area contributed by atoms with E-state index < -0.39 is 0 Å². The Kier molecular flexibility index (Phi) is 2.80. The van der Waals surface area contributed by atoms with Crippen LogP contribution in [-0.2, 0) is 23.1 Å². The molecular weight excluding hydrogens is 302 g/mol. The highest BCUT2D eigenvalue weighted by molar-refractivity contribution is 5.98. The number of piperidine rings is 1. The number of likely N-dealkylation sites (tertiary alicyclic amines) is 1. The van der Waals surface area contributed by atoms with E-state index in [-0.39, 0.29) is 17.3 Å². The number of carbonyl (C=O) groups excluding carboxylic acids is 1. The molecule has 2 heterocycles. The molecule has 2 aliphatic heterocycles. The van der Waals surface area contributed by atoms with Crippen LogP contribution in [0.5, 0.6) is 11.5 Å². The Labute approximate surface area is 142 Å². The molecule has 0 unspecified atom stereocenters. The highest BCUT2D eigenvalue weighted by Crippen LogP contribution is 2.62. The monoisotopic (exact) mass is 325 g/mol. The molecule has 1 spiro atoms. The summed E-state index contributed by atoms with van der Waals surface area (Å²) in [6.07, 6.45) is 6.52. The molecule has 1 aromatic rings. The lowest BCUT2D eigenvalue weighted by Crippen LogP contribution is -2.64. The Hall–Kier alpha value is -1.81. The van der Waals surface area contributed by atoms with Crippen LogP contribution in [0, 0.1) is 5.92 Å². The summed E-state index contributed by atoms with van der Waals surface area (Å²) in [4.78, 5) is 15.2. The first-order valence-corrected chi connectivity index (χ1v) is 8.94. The third-order valence-electron chi connectivity index (χ3n) is 6.81. The molecule has 1 fully saturated rings. The van der Waals surface area contributed by atoms with Gasteiger partial charge in [-0.05, 0) is 56.1 Å². The number of hydrogen-bond donors (Lipinski definition) is 0. The minimum atomic E-state index is -0.376. The standard InChI is InChI=1S/C20H23NO3/c1-4-11-9-16(23-3)18-17-12(11)10-14-13-5-6-15(22)19(24-18)20(13,17)7-8-21(14)2/h5-6,9,13-14,19H,4,7-8,10H2,1-3H3/t13-,14+,19-,20-/m0/s1. The minimum absolute atomic E-state index is 0.110. The summed E-state index contributed by atoms with van der Waals surface area (Å²) in [5, 5.41) is 0. The van der Waals surface area contributed by atoms with E-state index in [9.17, 15) is 4.79 Å². The third kappa shape index (κ3) is 1.47. The van der Waals surface area contributed by atoms with E-state index in [1.54, 1.807) is 13.2 Å². The third-order valence-corrected chi connectivity index (χ3v) is 6.81. The average Bonchev–Trinajstić information content (AvgIpc) is 2.94. The predicted octanol–water partition coefficient (Wildman–Crippen LogP) is 2.27. The first kappa shape index (κ1) is 14.5. The molecule has 0 radical (unpaired) electrons. The maximum atomic E-state index is 12.7. The summed E-state index contributed by atoms with van der Waals surface area (Å²) in [5.74, 6) is 2.08. The Morgan fingerprint density at radius 3 is 3.04 bits per heavy atom. The van der Waals surface area contributed by atoms with E-state index in [2.05, 4.69) is 31.0 Å². The van der Waals surface area contributed by atoms with Crippen molar-refractivity contribution in [3.05, 3.63) is 34.9 Å². The molecule has 0 N–H and O–H groups in total. The number of nitrogens with zero attached hydrogens (tertiary/aromatic N) is 1. The molecule has 0 amide bonds. The van der Waals surface area contributed by atoms with E-state index in [0.29, 0.717) is 12.0 Å². The van der Waals surface area contributed by atoms with Gasteiger partial charge in [0.1, 0.15) is 0 Å². The van der Waals surface area contributed by atoms with Crippen LogP contribution in [0.1, 0.15) is 30.0 Å². The van der Waals surface area contributed by atoms with Crippen molar-refractivity contribution in [1.29, 1.82) is 0 Å². The quantitative estimate of drug-likeness (QED) is 0.836. The van der Waals surface area contributed by atoms with Crippen molar-refractivity contribution in [2.24, 2.45) is 5.92 Å². The number of benzene rings is 1. The van der Waals surface area contributed by atoms with Crippen molar-refractivity contribution < 1.29 is 14.3 Å². The highest BCUT2D eigenvalue weighted by atomic mass is 16.5. The number of methoxy groups -OCH3 is 1. The van der Waals surface area contributed by atoms with Gasteiger partial charge in [-0.3, -0.25) is 4.79 Å². The fraction of sp³-hybridized carbons (Fsp3) is 0.550. The molecule has 2 bridgehead atoms. The maximum absolute atomic E-state index is 12.7. The molecule has 0 saturated carbocycles. The van der Waals surface area contributed by atoms with E-state index in [1.165, 1.54) is 16.7 Å². The van der Waals surface area contributed by atoms with E-state index in [4.69, 9.17) is 9.47 Å². The molecule has 2 aliphatic carbocycles. The molecule has 1 aromatic carbocycles. The van der Waals surface area contributed by atoms with Crippen molar-refractivity contribution in [3.8, 4) is 11.5 Å². The number of likely N-dealkylation sites (N-methyl/N-ethyl adjacent to an activating group) is 1. The summed E-state index contributed by atoms with van der Waals surface area (Å²) >= 11 is 0. The lowest BCUT2D eigenvalue weighted by Gasteiger charge is -2.55. The number of aryl methyl sites for hydroxylation is 1. The molecule has 4 nitrogen and oxygen atoms in total. The Morgan fingerprint density at radius 1 is 1.46 bits per heavy atom. The highest BCUT2D eigenvalue weighted by Gasteiger charge is 2.64. The van der Waals surface area contributed by atoms with Gasteiger partial charge in [-0.1, -0.05) is 13.0 Å². The van der Waals surface area contributed by atoms with Crippen LogP contribution in [0.4, 0.5) is 0 Å². The minimum Gasteiger partial charge on any atom is -0.493 e. The van der Waals surface area contributed by atoms with Gasteiger partial charge in [0.2, 0.25) is 0 Å². The van der Waals surface area contributed by atoms with Crippen molar-refractivity contribution in [3.63, 3.8) is 0 Å². The van der Waals surface area contributed by atoms with Crippen molar-refractivity contribution >= 4 is 5.78 Å². The summed E-state index contributed by atoms with van der Waals surface area (Å²) in [6, 6.07) is 2.57. The van der Waals surface area contributed by atoms with Gasteiger partial charge < -0.3 is 14.4 Å². The van der Waals surface area contributed by atoms with Crippen molar-refractivity contribution in [2.75, 3.05) is 20.7 Å². The fourth-order valence-electron chi connectivity index (χ4n) is 5.69. The number of ketones is 1. The molecule has 4 heteroatoms. The predicted molar refractivity (Wildman–Crippen MR) is 90.8 cm³/mol. The topological polar surface area (TPSA) is 38.8 Å². The lowest BCUT2D eigenvalue weighted by atomic mass is 9.53. The van der Waals surface area contributed by atoms with Crippen LogP contribution in [-0.4, -0.2) is 43.5 Å². The smallest absolute Gasteiger partial charge is 0.196 e. The second kappa shape index (κ2) is 4.63. The second-order valence-electron chi connectivity index (χ2n) is 7.60. The zero-order chi connectivity index (χ0) is 16.6. The molecule has 5 rings (SSSR count). The molecule has 0 aromatic heterocycles. The number of ether oxygens (including phenoxy) is 2. The Balaban J connectivity index is 1.86. The first-order chi connectivity index (χ1) is 11.6.